The van der Waals surface area contributed by atoms with Gasteiger partial charge in [-0.3, -0.25) is 4.79 Å². The van der Waals surface area contributed by atoms with Crippen molar-refractivity contribution in [2.45, 2.75) is 19.3 Å². The number of halogens is 2. The molecule has 1 N–H and O–H groups in total. The van der Waals surface area contributed by atoms with E-state index in [-0.39, 0.29) is 22.6 Å². The maximum absolute atomic E-state index is 13.7. The third-order valence-electron chi connectivity index (χ3n) is 4.82. The molecule has 0 radical (unpaired) electrons. The van der Waals surface area contributed by atoms with Crippen LogP contribution in [0.5, 0.6) is 5.75 Å². The van der Waals surface area contributed by atoms with Gasteiger partial charge in [-0.25, -0.2) is 9.82 Å². The summed E-state index contributed by atoms with van der Waals surface area (Å²) in [6, 6.07) is 22.2. The van der Waals surface area contributed by atoms with Gasteiger partial charge in [0.1, 0.15) is 11.6 Å². The summed E-state index contributed by atoms with van der Waals surface area (Å²) >= 11 is 5.90. The van der Waals surface area contributed by atoms with Crippen LogP contribution in [0.15, 0.2) is 77.9 Å². The van der Waals surface area contributed by atoms with Crippen molar-refractivity contribution in [2.75, 3.05) is 6.61 Å². The van der Waals surface area contributed by atoms with Gasteiger partial charge in [0, 0.05) is 11.0 Å². The van der Waals surface area contributed by atoms with Crippen molar-refractivity contribution in [3.05, 3.63) is 100 Å². The lowest BCUT2D eigenvalue weighted by atomic mass is 9.78. The standard InChI is InChI=1S/C24H22ClFN2O2/c1-24(2,17-7-4-3-5-8-17)18-11-13-19(14-12-18)30-16-23(29)28-27-15-20-21(25)9-6-10-22(20)26/h3-15H,16H2,1-2H3,(H,28,29). The first-order valence-corrected chi connectivity index (χ1v) is 9.80. The summed E-state index contributed by atoms with van der Waals surface area (Å²) in [5.74, 6) is -0.415. The number of nitrogens with zero attached hydrogens (tertiary/aromatic N) is 1. The van der Waals surface area contributed by atoms with Gasteiger partial charge in [-0.05, 0) is 35.4 Å². The molecule has 0 fully saturated rings. The van der Waals surface area contributed by atoms with Crippen molar-refractivity contribution in [1.29, 1.82) is 0 Å². The third-order valence-corrected chi connectivity index (χ3v) is 5.15. The molecule has 154 valence electrons. The summed E-state index contributed by atoms with van der Waals surface area (Å²) in [5.41, 5.74) is 4.60. The molecule has 6 heteroatoms. The molecular weight excluding hydrogens is 403 g/mol. The molecule has 0 spiro atoms. The van der Waals surface area contributed by atoms with Crippen LogP contribution in [-0.2, 0) is 10.2 Å². The molecule has 0 heterocycles. The lowest BCUT2D eigenvalue weighted by Gasteiger charge is -2.26. The van der Waals surface area contributed by atoms with E-state index in [2.05, 4.69) is 36.5 Å². The van der Waals surface area contributed by atoms with Gasteiger partial charge in [-0.2, -0.15) is 5.10 Å². The first kappa shape index (κ1) is 21.5. The number of nitrogens with one attached hydrogen (secondary N) is 1. The van der Waals surface area contributed by atoms with Crippen LogP contribution in [0.2, 0.25) is 5.02 Å². The van der Waals surface area contributed by atoms with Crippen LogP contribution < -0.4 is 10.2 Å². The lowest BCUT2D eigenvalue weighted by molar-refractivity contribution is -0.123. The van der Waals surface area contributed by atoms with E-state index in [9.17, 15) is 9.18 Å². The molecule has 3 aromatic rings. The van der Waals surface area contributed by atoms with Crippen LogP contribution in [0.25, 0.3) is 0 Å². The van der Waals surface area contributed by atoms with Gasteiger partial charge in [-0.1, -0.05) is 74.0 Å². The largest absolute Gasteiger partial charge is 0.484 e. The van der Waals surface area contributed by atoms with Crippen molar-refractivity contribution in [3.63, 3.8) is 0 Å². The minimum atomic E-state index is -0.518. The second-order valence-electron chi connectivity index (χ2n) is 7.23. The van der Waals surface area contributed by atoms with E-state index in [1.165, 1.54) is 17.7 Å². The Morgan fingerprint density at radius 2 is 1.70 bits per heavy atom. The number of hydrogen-bond acceptors (Lipinski definition) is 3. The fourth-order valence-electron chi connectivity index (χ4n) is 2.97. The zero-order chi connectivity index (χ0) is 21.6. The van der Waals surface area contributed by atoms with Gasteiger partial charge in [-0.15, -0.1) is 0 Å². The number of carbonyl (C=O) groups is 1. The predicted molar refractivity (Wildman–Crippen MR) is 118 cm³/mol. The maximum atomic E-state index is 13.7. The number of ether oxygens (including phenoxy) is 1. The van der Waals surface area contributed by atoms with Crippen LogP contribution >= 0.6 is 11.6 Å². The van der Waals surface area contributed by atoms with E-state index in [4.69, 9.17) is 16.3 Å². The summed E-state index contributed by atoms with van der Waals surface area (Å²) < 4.78 is 19.2. The zero-order valence-electron chi connectivity index (χ0n) is 16.7. The normalized spacial score (nSPS) is 11.5. The van der Waals surface area contributed by atoms with Gasteiger partial charge in [0.25, 0.3) is 5.91 Å². The molecule has 0 unspecified atom stereocenters. The Morgan fingerprint density at radius 3 is 2.37 bits per heavy atom. The Bertz CT molecular complexity index is 1010. The highest BCUT2D eigenvalue weighted by Crippen LogP contribution is 2.32. The summed E-state index contributed by atoms with van der Waals surface area (Å²) in [6.45, 7) is 4.10. The second kappa shape index (κ2) is 9.55. The average Bonchev–Trinajstić information content (AvgIpc) is 2.75. The molecule has 0 atom stereocenters. The topological polar surface area (TPSA) is 50.7 Å². The van der Waals surface area contributed by atoms with Crippen molar-refractivity contribution in [3.8, 4) is 5.75 Å². The maximum Gasteiger partial charge on any atom is 0.277 e. The molecule has 0 saturated carbocycles. The highest BCUT2D eigenvalue weighted by molar-refractivity contribution is 6.33. The van der Waals surface area contributed by atoms with E-state index in [0.29, 0.717) is 5.75 Å². The van der Waals surface area contributed by atoms with Crippen molar-refractivity contribution in [2.24, 2.45) is 5.10 Å². The molecule has 0 saturated heterocycles. The van der Waals surface area contributed by atoms with Crippen molar-refractivity contribution in [1.82, 2.24) is 5.43 Å². The lowest BCUT2D eigenvalue weighted by Crippen LogP contribution is -2.24. The quantitative estimate of drug-likeness (QED) is 0.411. The van der Waals surface area contributed by atoms with Crippen LogP contribution in [-0.4, -0.2) is 18.7 Å². The summed E-state index contributed by atoms with van der Waals surface area (Å²) in [6.07, 6.45) is 1.16. The zero-order valence-corrected chi connectivity index (χ0v) is 17.5. The van der Waals surface area contributed by atoms with E-state index < -0.39 is 11.7 Å². The summed E-state index contributed by atoms with van der Waals surface area (Å²) in [5, 5.41) is 3.94. The molecule has 3 rings (SSSR count). The fraction of sp³-hybridized carbons (Fsp3) is 0.167. The third kappa shape index (κ3) is 5.24. The molecule has 0 aliphatic rings. The highest BCUT2D eigenvalue weighted by Gasteiger charge is 2.22. The number of carbonyl (C=O) groups excluding carboxylic acids is 1. The molecule has 4 nitrogen and oxygen atoms in total. The first-order valence-electron chi connectivity index (χ1n) is 9.42. The Morgan fingerprint density at radius 1 is 1.03 bits per heavy atom. The van der Waals surface area contributed by atoms with Crippen LogP contribution in [0.1, 0.15) is 30.5 Å². The molecule has 3 aromatic carbocycles. The van der Waals surface area contributed by atoms with Crippen LogP contribution in [0.4, 0.5) is 4.39 Å². The van der Waals surface area contributed by atoms with Gasteiger partial charge in [0.15, 0.2) is 6.61 Å². The van der Waals surface area contributed by atoms with Gasteiger partial charge in [0.2, 0.25) is 0 Å². The fourth-order valence-corrected chi connectivity index (χ4v) is 3.19. The molecule has 0 aromatic heterocycles. The van der Waals surface area contributed by atoms with Crippen molar-refractivity contribution < 1.29 is 13.9 Å². The minimum Gasteiger partial charge on any atom is -0.484 e. The number of hydrogen-bond donors (Lipinski definition) is 1. The Labute approximate surface area is 180 Å². The van der Waals surface area contributed by atoms with Crippen molar-refractivity contribution >= 4 is 23.7 Å². The average molecular weight is 425 g/mol. The first-order chi connectivity index (χ1) is 14.4. The Hall–Kier alpha value is -3.18. The SMILES string of the molecule is CC(C)(c1ccccc1)c1ccc(OCC(=O)NN=Cc2c(F)cccc2Cl)cc1. The van der Waals surface area contributed by atoms with E-state index in [1.807, 2.05) is 42.5 Å². The van der Waals surface area contributed by atoms with E-state index in [0.717, 1.165) is 11.8 Å². The Balaban J connectivity index is 1.55. The summed E-state index contributed by atoms with van der Waals surface area (Å²) in [4.78, 5) is 11.9. The van der Waals surface area contributed by atoms with Crippen LogP contribution in [0, 0.1) is 5.82 Å². The molecule has 1 amide bonds. The van der Waals surface area contributed by atoms with Gasteiger partial charge in [0.05, 0.1) is 11.2 Å². The van der Waals surface area contributed by atoms with Gasteiger partial charge >= 0.3 is 0 Å². The monoisotopic (exact) mass is 424 g/mol. The molecule has 0 aliphatic heterocycles. The molecule has 0 bridgehead atoms. The minimum absolute atomic E-state index is 0.108. The molecule has 0 aliphatic carbocycles. The highest BCUT2D eigenvalue weighted by atomic mass is 35.5. The smallest absolute Gasteiger partial charge is 0.277 e. The molecular formula is C24H22ClFN2O2. The number of rotatable bonds is 7. The number of amides is 1. The number of benzene rings is 3. The predicted octanol–water partition coefficient (Wildman–Crippen LogP) is 5.33. The number of hydrazone groups is 1. The van der Waals surface area contributed by atoms with Crippen LogP contribution in [0.3, 0.4) is 0 Å². The van der Waals surface area contributed by atoms with Gasteiger partial charge < -0.3 is 4.74 Å². The molecule has 30 heavy (non-hydrogen) atoms. The van der Waals surface area contributed by atoms with E-state index in [1.54, 1.807) is 6.07 Å². The second-order valence-corrected chi connectivity index (χ2v) is 7.64. The van der Waals surface area contributed by atoms with E-state index >= 15 is 0 Å². The summed E-state index contributed by atoms with van der Waals surface area (Å²) in [7, 11) is 0. The Kier molecular flexibility index (Phi) is 6.85.